The first-order valence-corrected chi connectivity index (χ1v) is 4.36. The molecule has 2 N–H and O–H groups in total. The maximum atomic E-state index is 8.62. The summed E-state index contributed by atoms with van der Waals surface area (Å²) in [6.45, 7) is 0.250. The SMILES string of the molecule is N#Cc1ccc(-c2nc(CN)no2)cc1. The average molecular weight is 200 g/mol. The molecule has 15 heavy (non-hydrogen) atoms. The number of nitrogens with two attached hydrogens (primary N) is 1. The highest BCUT2D eigenvalue weighted by atomic mass is 16.5. The fraction of sp³-hybridized carbons (Fsp3) is 0.100. The van der Waals surface area contributed by atoms with Crippen LogP contribution in [0, 0.1) is 11.3 Å². The minimum absolute atomic E-state index is 0.250. The van der Waals surface area contributed by atoms with Crippen molar-refractivity contribution in [3.05, 3.63) is 35.7 Å². The van der Waals surface area contributed by atoms with Crippen molar-refractivity contribution < 1.29 is 4.52 Å². The summed E-state index contributed by atoms with van der Waals surface area (Å²) in [6.07, 6.45) is 0. The van der Waals surface area contributed by atoms with Crippen molar-refractivity contribution in [2.75, 3.05) is 0 Å². The highest BCUT2D eigenvalue weighted by Gasteiger charge is 2.06. The monoisotopic (exact) mass is 200 g/mol. The summed E-state index contributed by atoms with van der Waals surface area (Å²) in [5, 5.41) is 12.3. The van der Waals surface area contributed by atoms with Gasteiger partial charge in [-0.2, -0.15) is 10.2 Å². The minimum atomic E-state index is 0.250. The van der Waals surface area contributed by atoms with E-state index in [0.29, 0.717) is 17.3 Å². The van der Waals surface area contributed by atoms with Gasteiger partial charge in [0.1, 0.15) is 0 Å². The van der Waals surface area contributed by atoms with Gasteiger partial charge in [0.25, 0.3) is 5.89 Å². The Labute approximate surface area is 86.1 Å². The third-order valence-electron chi connectivity index (χ3n) is 1.91. The van der Waals surface area contributed by atoms with Crippen molar-refractivity contribution in [1.82, 2.24) is 10.1 Å². The van der Waals surface area contributed by atoms with E-state index < -0.39 is 0 Å². The zero-order chi connectivity index (χ0) is 10.7. The Morgan fingerprint density at radius 2 is 2.07 bits per heavy atom. The molecule has 0 unspecified atom stereocenters. The van der Waals surface area contributed by atoms with Gasteiger partial charge in [-0.15, -0.1) is 0 Å². The van der Waals surface area contributed by atoms with Crippen LogP contribution in [-0.4, -0.2) is 10.1 Å². The van der Waals surface area contributed by atoms with Crippen molar-refractivity contribution in [3.63, 3.8) is 0 Å². The average Bonchev–Trinajstić information content (AvgIpc) is 2.78. The van der Waals surface area contributed by atoms with Gasteiger partial charge in [-0.25, -0.2) is 0 Å². The van der Waals surface area contributed by atoms with E-state index in [2.05, 4.69) is 10.1 Å². The summed E-state index contributed by atoms with van der Waals surface area (Å²) in [7, 11) is 0. The molecule has 1 heterocycles. The van der Waals surface area contributed by atoms with Crippen LogP contribution in [0.25, 0.3) is 11.5 Å². The zero-order valence-corrected chi connectivity index (χ0v) is 7.84. The molecule has 0 amide bonds. The first kappa shape index (κ1) is 9.37. The predicted octanol–water partition coefficient (Wildman–Crippen LogP) is 1.07. The molecule has 0 aliphatic carbocycles. The Balaban J connectivity index is 2.33. The van der Waals surface area contributed by atoms with E-state index in [4.69, 9.17) is 15.5 Å². The molecule has 0 saturated heterocycles. The smallest absolute Gasteiger partial charge is 0.257 e. The molecule has 1 aromatic heterocycles. The highest BCUT2D eigenvalue weighted by molar-refractivity contribution is 5.54. The van der Waals surface area contributed by atoms with Crippen LogP contribution in [0.4, 0.5) is 0 Å². The molecule has 0 spiro atoms. The van der Waals surface area contributed by atoms with Crippen LogP contribution < -0.4 is 5.73 Å². The van der Waals surface area contributed by atoms with Gasteiger partial charge in [0.15, 0.2) is 5.82 Å². The molecule has 0 fully saturated rings. The second-order valence-corrected chi connectivity index (χ2v) is 2.91. The summed E-state index contributed by atoms with van der Waals surface area (Å²) < 4.78 is 4.99. The summed E-state index contributed by atoms with van der Waals surface area (Å²) >= 11 is 0. The lowest BCUT2D eigenvalue weighted by atomic mass is 10.1. The zero-order valence-electron chi connectivity index (χ0n) is 7.84. The standard InChI is InChI=1S/C10H8N4O/c11-5-7-1-3-8(4-2-7)10-13-9(6-12)14-15-10/h1-4H,6,12H2. The maximum absolute atomic E-state index is 8.62. The molecule has 0 aliphatic heterocycles. The molecular formula is C10H8N4O. The highest BCUT2D eigenvalue weighted by Crippen LogP contribution is 2.17. The second kappa shape index (κ2) is 3.90. The van der Waals surface area contributed by atoms with Crippen molar-refractivity contribution in [2.24, 2.45) is 5.73 Å². The van der Waals surface area contributed by atoms with E-state index in [1.807, 2.05) is 6.07 Å². The second-order valence-electron chi connectivity index (χ2n) is 2.91. The largest absolute Gasteiger partial charge is 0.334 e. The van der Waals surface area contributed by atoms with E-state index in [0.717, 1.165) is 5.56 Å². The molecule has 2 rings (SSSR count). The van der Waals surface area contributed by atoms with Crippen molar-refractivity contribution in [3.8, 4) is 17.5 Å². The normalized spacial score (nSPS) is 9.87. The molecule has 0 atom stereocenters. The topological polar surface area (TPSA) is 88.7 Å². The van der Waals surface area contributed by atoms with Gasteiger partial charge in [0, 0.05) is 5.56 Å². The number of rotatable bonds is 2. The fourth-order valence-corrected chi connectivity index (χ4v) is 1.14. The molecule has 1 aromatic carbocycles. The van der Waals surface area contributed by atoms with E-state index >= 15 is 0 Å². The molecule has 0 bridgehead atoms. The lowest BCUT2D eigenvalue weighted by molar-refractivity contribution is 0.423. The van der Waals surface area contributed by atoms with Gasteiger partial charge < -0.3 is 10.3 Å². The fourth-order valence-electron chi connectivity index (χ4n) is 1.14. The molecule has 2 aromatic rings. The van der Waals surface area contributed by atoms with Crippen molar-refractivity contribution >= 4 is 0 Å². The number of benzene rings is 1. The quantitative estimate of drug-likeness (QED) is 0.783. The lowest BCUT2D eigenvalue weighted by Gasteiger charge is -1.92. The summed E-state index contributed by atoms with van der Waals surface area (Å²) in [6, 6.07) is 8.94. The maximum Gasteiger partial charge on any atom is 0.257 e. The van der Waals surface area contributed by atoms with Gasteiger partial charge in [0.2, 0.25) is 0 Å². The van der Waals surface area contributed by atoms with Crippen LogP contribution in [0.5, 0.6) is 0 Å². The van der Waals surface area contributed by atoms with E-state index in [-0.39, 0.29) is 6.54 Å². The first-order valence-electron chi connectivity index (χ1n) is 4.36. The summed E-state index contributed by atoms with van der Waals surface area (Å²) in [5.41, 5.74) is 6.73. The molecule has 0 radical (unpaired) electrons. The van der Waals surface area contributed by atoms with E-state index in [1.54, 1.807) is 24.3 Å². The molecular weight excluding hydrogens is 192 g/mol. The summed E-state index contributed by atoms with van der Waals surface area (Å²) in [5.74, 6) is 0.884. The van der Waals surface area contributed by atoms with Gasteiger partial charge in [0.05, 0.1) is 18.2 Å². The Bertz CT molecular complexity index is 495. The van der Waals surface area contributed by atoms with Gasteiger partial charge in [-0.05, 0) is 24.3 Å². The third-order valence-corrected chi connectivity index (χ3v) is 1.91. The van der Waals surface area contributed by atoms with E-state index in [1.165, 1.54) is 0 Å². The van der Waals surface area contributed by atoms with Crippen molar-refractivity contribution in [2.45, 2.75) is 6.54 Å². The van der Waals surface area contributed by atoms with Crippen LogP contribution in [0.1, 0.15) is 11.4 Å². The van der Waals surface area contributed by atoms with Crippen LogP contribution in [0.2, 0.25) is 0 Å². The number of hydrogen-bond donors (Lipinski definition) is 1. The van der Waals surface area contributed by atoms with Crippen molar-refractivity contribution in [1.29, 1.82) is 5.26 Å². The number of hydrogen-bond acceptors (Lipinski definition) is 5. The van der Waals surface area contributed by atoms with Crippen LogP contribution >= 0.6 is 0 Å². The van der Waals surface area contributed by atoms with E-state index in [9.17, 15) is 0 Å². The van der Waals surface area contributed by atoms with Crippen LogP contribution in [-0.2, 0) is 6.54 Å². The number of nitriles is 1. The van der Waals surface area contributed by atoms with Gasteiger partial charge in [-0.3, -0.25) is 0 Å². The Kier molecular flexibility index (Phi) is 2.44. The molecule has 0 aliphatic rings. The third kappa shape index (κ3) is 1.85. The number of aromatic nitrogens is 2. The Morgan fingerprint density at radius 1 is 1.33 bits per heavy atom. The molecule has 5 nitrogen and oxygen atoms in total. The Morgan fingerprint density at radius 3 is 2.60 bits per heavy atom. The lowest BCUT2D eigenvalue weighted by Crippen LogP contribution is -1.97. The minimum Gasteiger partial charge on any atom is -0.334 e. The molecule has 5 heteroatoms. The van der Waals surface area contributed by atoms with Crippen LogP contribution in [0.15, 0.2) is 28.8 Å². The van der Waals surface area contributed by atoms with Crippen LogP contribution in [0.3, 0.4) is 0 Å². The van der Waals surface area contributed by atoms with Gasteiger partial charge >= 0.3 is 0 Å². The summed E-state index contributed by atoms with van der Waals surface area (Å²) in [4.78, 5) is 4.07. The molecule has 0 saturated carbocycles. The number of nitrogens with zero attached hydrogens (tertiary/aromatic N) is 3. The molecule has 74 valence electrons. The predicted molar refractivity (Wildman–Crippen MR) is 52.3 cm³/mol. The Hall–Kier alpha value is -2.19. The van der Waals surface area contributed by atoms with Gasteiger partial charge in [-0.1, -0.05) is 5.16 Å². The first-order chi connectivity index (χ1) is 7.33.